The molecule has 224 valence electrons. The Morgan fingerprint density at radius 2 is 1.35 bits per heavy atom. The number of aryl methyl sites for hydroxylation is 4. The molecule has 4 aromatic carbocycles. The van der Waals surface area contributed by atoms with Gasteiger partial charge < -0.3 is 10.2 Å². The van der Waals surface area contributed by atoms with Crippen LogP contribution in [0.15, 0.2) is 102 Å². The van der Waals surface area contributed by atoms with Gasteiger partial charge in [0, 0.05) is 20.0 Å². The van der Waals surface area contributed by atoms with Gasteiger partial charge in [0.25, 0.3) is 10.0 Å². The zero-order valence-electron chi connectivity index (χ0n) is 25.4. The minimum absolute atomic E-state index is 0.0856. The summed E-state index contributed by atoms with van der Waals surface area (Å²) in [7, 11) is -2.60. The molecule has 0 fully saturated rings. The molecule has 43 heavy (non-hydrogen) atoms. The van der Waals surface area contributed by atoms with Gasteiger partial charge in [-0.05, 0) is 74.2 Å². The van der Waals surface area contributed by atoms with Crippen LogP contribution < -0.4 is 9.62 Å². The largest absolute Gasteiger partial charge is 0.357 e. The monoisotopic (exact) mass is 597 g/mol. The van der Waals surface area contributed by atoms with Crippen LogP contribution in [-0.4, -0.2) is 44.8 Å². The molecular weight excluding hydrogens is 558 g/mol. The van der Waals surface area contributed by atoms with Gasteiger partial charge >= 0.3 is 0 Å². The summed E-state index contributed by atoms with van der Waals surface area (Å²) in [4.78, 5) is 29.4. The van der Waals surface area contributed by atoms with Gasteiger partial charge in [0.05, 0.1) is 10.6 Å². The number of rotatable bonds is 11. The fourth-order valence-corrected chi connectivity index (χ4v) is 6.59. The first-order valence-corrected chi connectivity index (χ1v) is 15.7. The van der Waals surface area contributed by atoms with E-state index in [0.717, 1.165) is 37.7 Å². The Hall–Kier alpha value is -4.43. The number of amides is 2. The molecule has 4 rings (SSSR count). The highest BCUT2D eigenvalue weighted by molar-refractivity contribution is 7.92. The molecule has 0 aliphatic rings. The van der Waals surface area contributed by atoms with Crippen LogP contribution in [-0.2, 0) is 32.6 Å². The van der Waals surface area contributed by atoms with E-state index in [1.807, 2.05) is 88.4 Å². The van der Waals surface area contributed by atoms with Crippen molar-refractivity contribution in [3.63, 3.8) is 0 Å². The van der Waals surface area contributed by atoms with Crippen molar-refractivity contribution in [3.05, 3.63) is 130 Å². The van der Waals surface area contributed by atoms with Gasteiger partial charge in [0.15, 0.2) is 0 Å². The molecule has 0 bridgehead atoms. The number of carbonyl (C=O) groups is 2. The van der Waals surface area contributed by atoms with Gasteiger partial charge in [-0.2, -0.15) is 0 Å². The molecule has 0 saturated heterocycles. The maximum atomic E-state index is 14.4. The first kappa shape index (κ1) is 31.5. The van der Waals surface area contributed by atoms with Crippen molar-refractivity contribution in [2.75, 3.05) is 17.9 Å². The molecule has 0 heterocycles. The van der Waals surface area contributed by atoms with E-state index in [-0.39, 0.29) is 23.8 Å². The summed E-state index contributed by atoms with van der Waals surface area (Å²) >= 11 is 0. The van der Waals surface area contributed by atoms with Crippen LogP contribution in [0.2, 0.25) is 0 Å². The number of nitrogens with one attached hydrogen (secondary N) is 1. The van der Waals surface area contributed by atoms with Crippen molar-refractivity contribution >= 4 is 27.5 Å². The fourth-order valence-electron chi connectivity index (χ4n) is 5.19. The topological polar surface area (TPSA) is 86.8 Å². The summed E-state index contributed by atoms with van der Waals surface area (Å²) in [5.74, 6) is -0.815. The summed E-state index contributed by atoms with van der Waals surface area (Å²) < 4.78 is 29.5. The zero-order chi connectivity index (χ0) is 31.1. The van der Waals surface area contributed by atoms with Gasteiger partial charge in [-0.15, -0.1) is 0 Å². The molecule has 0 unspecified atom stereocenters. The quantitative estimate of drug-likeness (QED) is 0.247. The molecule has 0 aliphatic carbocycles. The molecule has 8 heteroatoms. The van der Waals surface area contributed by atoms with E-state index in [9.17, 15) is 18.0 Å². The maximum absolute atomic E-state index is 14.4. The number of hydrogen-bond acceptors (Lipinski definition) is 4. The Labute approximate surface area is 255 Å². The molecule has 0 aliphatic heterocycles. The Kier molecular flexibility index (Phi) is 10.0. The van der Waals surface area contributed by atoms with E-state index in [1.54, 1.807) is 43.4 Å². The summed E-state index contributed by atoms with van der Waals surface area (Å²) in [6, 6.07) is 28.4. The summed E-state index contributed by atoms with van der Waals surface area (Å²) in [6.07, 6.45) is 0.270. The van der Waals surface area contributed by atoms with E-state index in [1.165, 1.54) is 4.90 Å². The first-order chi connectivity index (χ1) is 20.5. The minimum Gasteiger partial charge on any atom is -0.357 e. The first-order valence-electron chi connectivity index (χ1n) is 14.3. The summed E-state index contributed by atoms with van der Waals surface area (Å²) in [5.41, 5.74) is 5.80. The predicted molar refractivity (Wildman–Crippen MR) is 171 cm³/mol. The highest BCUT2D eigenvalue weighted by Crippen LogP contribution is 2.27. The average molecular weight is 598 g/mol. The third-order valence-corrected chi connectivity index (χ3v) is 9.12. The van der Waals surface area contributed by atoms with E-state index >= 15 is 0 Å². The molecule has 0 radical (unpaired) electrons. The summed E-state index contributed by atoms with van der Waals surface area (Å²) in [6.45, 7) is 7.28. The average Bonchev–Trinajstić information content (AvgIpc) is 2.97. The minimum atomic E-state index is -4.14. The Bertz CT molecular complexity index is 1670. The van der Waals surface area contributed by atoms with Crippen LogP contribution >= 0.6 is 0 Å². The Morgan fingerprint density at radius 1 is 0.721 bits per heavy atom. The highest BCUT2D eigenvalue weighted by atomic mass is 32.2. The van der Waals surface area contributed by atoms with Gasteiger partial charge in [-0.1, -0.05) is 83.9 Å². The number of sulfonamides is 1. The van der Waals surface area contributed by atoms with Crippen LogP contribution in [0.25, 0.3) is 0 Å². The molecule has 1 N–H and O–H groups in total. The van der Waals surface area contributed by atoms with Crippen LogP contribution in [0.3, 0.4) is 0 Å². The molecule has 0 aromatic heterocycles. The molecular formula is C35H39N3O4S. The van der Waals surface area contributed by atoms with E-state index in [0.29, 0.717) is 5.69 Å². The van der Waals surface area contributed by atoms with E-state index < -0.39 is 28.5 Å². The lowest BCUT2D eigenvalue weighted by Gasteiger charge is -2.33. The van der Waals surface area contributed by atoms with Gasteiger partial charge in [-0.3, -0.25) is 13.9 Å². The third-order valence-electron chi connectivity index (χ3n) is 7.34. The molecule has 7 nitrogen and oxygen atoms in total. The normalized spacial score (nSPS) is 11.9. The van der Waals surface area contributed by atoms with Crippen molar-refractivity contribution in [2.24, 2.45) is 0 Å². The van der Waals surface area contributed by atoms with Crippen molar-refractivity contribution in [1.29, 1.82) is 0 Å². The van der Waals surface area contributed by atoms with Crippen LogP contribution in [0.1, 0.15) is 33.4 Å². The van der Waals surface area contributed by atoms with Gasteiger partial charge in [0.2, 0.25) is 11.8 Å². The van der Waals surface area contributed by atoms with Crippen LogP contribution in [0.5, 0.6) is 0 Å². The molecule has 4 aromatic rings. The smallest absolute Gasteiger partial charge is 0.264 e. The number of hydrogen-bond donors (Lipinski definition) is 1. The third kappa shape index (κ3) is 7.90. The predicted octanol–water partition coefficient (Wildman–Crippen LogP) is 5.50. The number of nitrogens with zero attached hydrogens (tertiary/aromatic N) is 2. The number of anilines is 1. The van der Waals surface area contributed by atoms with Crippen molar-refractivity contribution in [2.45, 2.75) is 51.6 Å². The molecule has 1 atom stereocenters. The van der Waals surface area contributed by atoms with E-state index in [2.05, 4.69) is 5.32 Å². The van der Waals surface area contributed by atoms with E-state index in [4.69, 9.17) is 0 Å². The molecule has 0 spiro atoms. The lowest BCUT2D eigenvalue weighted by atomic mass is 10.0. The zero-order valence-corrected chi connectivity index (χ0v) is 26.2. The number of benzene rings is 4. The second kappa shape index (κ2) is 13.7. The van der Waals surface area contributed by atoms with Gasteiger partial charge in [-0.25, -0.2) is 8.42 Å². The van der Waals surface area contributed by atoms with Crippen molar-refractivity contribution in [3.8, 4) is 0 Å². The molecule has 2 amide bonds. The van der Waals surface area contributed by atoms with Gasteiger partial charge in [0.1, 0.15) is 12.6 Å². The molecule has 0 saturated carbocycles. The SMILES string of the molecule is CNC(=O)[C@H](Cc1ccccc1)N(Cc1cccc(C)c1)C(=O)CN(c1cc(C)cc(C)c1)S(=O)(=O)c1ccc(C)cc1. The Balaban J connectivity index is 1.81. The second-order valence-electron chi connectivity index (χ2n) is 11.0. The van der Waals surface area contributed by atoms with Crippen molar-refractivity contribution in [1.82, 2.24) is 10.2 Å². The van der Waals surface area contributed by atoms with Crippen LogP contribution in [0, 0.1) is 27.7 Å². The van der Waals surface area contributed by atoms with Crippen LogP contribution in [0.4, 0.5) is 5.69 Å². The fraction of sp³-hybridized carbons (Fsp3) is 0.257. The Morgan fingerprint density at radius 3 is 1.95 bits per heavy atom. The summed E-state index contributed by atoms with van der Waals surface area (Å²) in [5, 5.41) is 2.71. The maximum Gasteiger partial charge on any atom is 0.264 e. The van der Waals surface area contributed by atoms with Crippen molar-refractivity contribution < 1.29 is 18.0 Å². The number of likely N-dealkylation sites (N-methyl/N-ethyl adjacent to an activating group) is 1. The standard InChI is InChI=1S/C35H39N3O4S/c1-25-14-16-32(17-15-25)43(41,42)38(31-20-27(3)18-28(4)21-31)24-34(39)37(23-30-13-9-10-26(2)19-30)33(35(40)36-5)22-29-11-7-6-8-12-29/h6-21,33H,22-24H2,1-5H3,(H,36,40)/t33-/m0/s1. The number of carbonyl (C=O) groups excluding carboxylic acids is 2. The second-order valence-corrected chi connectivity index (χ2v) is 12.9. The highest BCUT2D eigenvalue weighted by Gasteiger charge is 2.34. The lowest BCUT2D eigenvalue weighted by Crippen LogP contribution is -2.53. The lowest BCUT2D eigenvalue weighted by molar-refractivity contribution is -0.139.